The molecular weight excluding hydrogens is 1260 g/mol. The van der Waals surface area contributed by atoms with Gasteiger partial charge in [-0.25, -0.2) is 15.0 Å². The summed E-state index contributed by atoms with van der Waals surface area (Å²) in [6, 6.07) is 39.3. The number of aryl methyl sites for hydroxylation is 2. The van der Waals surface area contributed by atoms with E-state index in [0.717, 1.165) is 97.3 Å². The van der Waals surface area contributed by atoms with Crippen LogP contribution in [0.1, 0.15) is 213 Å². The number of H-pyrrole nitrogens is 4. The third kappa shape index (κ3) is 24.7. The van der Waals surface area contributed by atoms with Gasteiger partial charge in [-0.2, -0.15) is 35.3 Å². The van der Waals surface area contributed by atoms with Gasteiger partial charge in [0.1, 0.15) is 23.3 Å². The highest BCUT2D eigenvalue weighted by Crippen LogP contribution is 2.24. The lowest BCUT2D eigenvalue weighted by Gasteiger charge is -2.01. The fourth-order valence-electron chi connectivity index (χ4n) is 8.08. The molecule has 0 spiro atoms. The summed E-state index contributed by atoms with van der Waals surface area (Å²) in [6.45, 7) is 32.9. The third-order valence-electron chi connectivity index (χ3n) is 13.8. The Labute approximate surface area is 587 Å². The number of hydrogen-bond donors (Lipinski definition) is 4. The normalized spacial score (nSPS) is 10.5. The second kappa shape index (κ2) is 40.1. The predicted molar refractivity (Wildman–Crippen MR) is 395 cm³/mol. The molecule has 13 aromatic rings. The van der Waals surface area contributed by atoms with E-state index in [1.165, 1.54) is 5.56 Å². The molecule has 0 aliphatic carbocycles. The molecule has 0 bridgehead atoms. The fraction of sp³-hybridized carbons (Fsp3) is 0.365. The van der Waals surface area contributed by atoms with Crippen LogP contribution in [-0.2, 0) is 7.05 Å². The maximum absolute atomic E-state index is 5.15. The zero-order valence-corrected chi connectivity index (χ0v) is 58.5. The topological polar surface area (TPSA) is 314 Å². The lowest BCUT2D eigenvalue weighted by molar-refractivity contribution is 0.419. The van der Waals surface area contributed by atoms with Gasteiger partial charge < -0.3 is 18.1 Å². The van der Waals surface area contributed by atoms with Crippen molar-refractivity contribution >= 4 is 12.2 Å². The molecule has 10 aromatic heterocycles. The van der Waals surface area contributed by atoms with Crippen LogP contribution in [0.3, 0.4) is 0 Å². The zero-order chi connectivity index (χ0) is 69.3. The molecule has 0 saturated carbocycles. The van der Waals surface area contributed by atoms with E-state index in [-0.39, 0.29) is 34.1 Å². The van der Waals surface area contributed by atoms with Crippen molar-refractivity contribution in [2.45, 2.75) is 174 Å². The monoisotopic (exact) mass is 1360 g/mol. The van der Waals surface area contributed by atoms with E-state index in [1.54, 1.807) is 31.0 Å². The molecule has 0 atom stereocenters. The minimum atomic E-state index is 0. The Bertz CT molecular complexity index is 3940. The standard InChI is InChI=1S/C12H15N3.C11H13N3O.C11H13N3.C11H12N2O.C10H12N4.C10H11N3O.C6H11N3S.3CH4/c1-8(2)11-13-12(15-14-11)10-6-4-9(3)5-7-10;1-7(2)10-13-11(15-14-10)9-5-4-8(3)12-6-9;2*1-8(2)10-12-11(14-13-10)9-6-4-3-5-7-9;2*1-7(2)9-12-10(14-13-9)8-3-5-11-6-4-8;1-4(2)5-7-8-6(10)9(5)3;;;/h4-8H,1-3H3,(H,13,14,15);4-7H,1-3H3;3-8H,1-2H3,(H,12,13,14);3-8H,1-2H3;3-7H,1-2H3,(H,12,13,14);3-7H,1-2H3;4H,1-3H3,(H,8,10);3*1H4. The third-order valence-corrected chi connectivity index (χ3v) is 14.2. The van der Waals surface area contributed by atoms with E-state index in [4.69, 9.17) is 25.8 Å². The summed E-state index contributed by atoms with van der Waals surface area (Å²) >= 11 is 4.94. The number of pyridine rings is 3. The molecule has 0 aliphatic rings. The molecule has 524 valence electrons. The van der Waals surface area contributed by atoms with Gasteiger partial charge in [0.15, 0.2) is 39.7 Å². The first-order chi connectivity index (χ1) is 46.0. The lowest BCUT2D eigenvalue weighted by atomic mass is 10.1. The Kier molecular flexibility index (Phi) is 32.7. The van der Waals surface area contributed by atoms with Crippen LogP contribution >= 0.6 is 12.2 Å². The molecule has 24 nitrogen and oxygen atoms in total. The number of aromatic nitrogens is 21. The van der Waals surface area contributed by atoms with Gasteiger partial charge in [0.25, 0.3) is 17.7 Å². The summed E-state index contributed by atoms with van der Waals surface area (Å²) in [4.78, 5) is 38.2. The molecule has 4 N–H and O–H groups in total. The Balaban J connectivity index is 0.000000245. The summed E-state index contributed by atoms with van der Waals surface area (Å²) in [5.41, 5.74) is 8.05. The molecule has 0 aliphatic heterocycles. The minimum absolute atomic E-state index is 0. The Morgan fingerprint density at radius 1 is 0.364 bits per heavy atom. The summed E-state index contributed by atoms with van der Waals surface area (Å²) in [6.07, 6.45) is 8.62. The van der Waals surface area contributed by atoms with Crippen molar-refractivity contribution in [1.29, 1.82) is 0 Å². The van der Waals surface area contributed by atoms with Crippen LogP contribution in [0.4, 0.5) is 0 Å². The van der Waals surface area contributed by atoms with Crippen LogP contribution in [0.15, 0.2) is 166 Å². The lowest BCUT2D eigenvalue weighted by Crippen LogP contribution is -1.99. The molecule has 10 heterocycles. The van der Waals surface area contributed by atoms with E-state index in [2.05, 4.69) is 176 Å². The molecule has 0 unspecified atom stereocenters. The Morgan fingerprint density at radius 3 is 1.02 bits per heavy atom. The molecule has 99 heavy (non-hydrogen) atoms. The van der Waals surface area contributed by atoms with E-state index in [1.807, 2.05) is 169 Å². The van der Waals surface area contributed by atoms with Gasteiger partial charge in [-0.15, -0.1) is 0 Å². The number of benzene rings is 3. The first kappa shape index (κ1) is 80.7. The molecule has 0 fully saturated rings. The average molecular weight is 1360 g/mol. The van der Waals surface area contributed by atoms with E-state index < -0.39 is 0 Å². The van der Waals surface area contributed by atoms with E-state index in [9.17, 15) is 0 Å². The molecule has 0 amide bonds. The number of hydrogen-bond acceptors (Lipinski definition) is 20. The van der Waals surface area contributed by atoms with Gasteiger partial charge in [-0.05, 0) is 74.6 Å². The second-order valence-corrected chi connectivity index (χ2v) is 24.7. The Hall–Kier alpha value is -10.7. The number of aromatic amines is 4. The SMILES string of the molecule is C.C.C.CC(C)c1n[nH]c(=S)n1C.CC(C)c1nc(-c2ccccc2)n[nH]1.CC(C)c1nc(-c2ccncc2)n[nH]1.CC(C)c1noc(-c2ccccc2)n1.CC(C)c1noc(-c2ccncc2)n1.Cc1ccc(-c2n[nH]c(C(C)C)n2)cc1.Cc1ccc(-c2nc(C(C)C)no2)cn1. The highest BCUT2D eigenvalue weighted by atomic mass is 32.1. The first-order valence-electron chi connectivity index (χ1n) is 31.8. The van der Waals surface area contributed by atoms with E-state index >= 15 is 0 Å². The van der Waals surface area contributed by atoms with Crippen molar-refractivity contribution in [2.75, 3.05) is 0 Å². The van der Waals surface area contributed by atoms with Gasteiger partial charge in [0.2, 0.25) is 0 Å². The van der Waals surface area contributed by atoms with Gasteiger partial charge in [-0.3, -0.25) is 35.3 Å². The van der Waals surface area contributed by atoms with Crippen LogP contribution in [0.25, 0.3) is 68.5 Å². The quantitative estimate of drug-likeness (QED) is 0.0779. The van der Waals surface area contributed by atoms with Crippen molar-refractivity contribution < 1.29 is 13.6 Å². The van der Waals surface area contributed by atoms with Crippen molar-refractivity contribution in [3.8, 4) is 68.5 Å². The molecule has 3 aromatic carbocycles. The predicted octanol–water partition coefficient (Wildman–Crippen LogP) is 18.7. The maximum Gasteiger partial charge on any atom is 0.259 e. The highest BCUT2D eigenvalue weighted by Gasteiger charge is 2.15. The van der Waals surface area contributed by atoms with Crippen molar-refractivity contribution in [3.05, 3.63) is 209 Å². The van der Waals surface area contributed by atoms with Crippen LogP contribution in [0.5, 0.6) is 0 Å². The fourth-order valence-corrected chi connectivity index (χ4v) is 8.22. The number of nitrogens with zero attached hydrogens (tertiary/aromatic N) is 17. The van der Waals surface area contributed by atoms with Crippen molar-refractivity contribution in [1.82, 2.24) is 106 Å². The minimum Gasteiger partial charge on any atom is -0.334 e. The van der Waals surface area contributed by atoms with Crippen molar-refractivity contribution in [3.63, 3.8) is 0 Å². The first-order valence-corrected chi connectivity index (χ1v) is 32.3. The van der Waals surface area contributed by atoms with Gasteiger partial charge in [0.05, 0.1) is 5.56 Å². The van der Waals surface area contributed by atoms with Crippen LogP contribution in [-0.4, -0.2) is 106 Å². The number of rotatable bonds is 13. The molecule has 0 radical (unpaired) electrons. The van der Waals surface area contributed by atoms with E-state index in [0.29, 0.717) is 52.0 Å². The largest absolute Gasteiger partial charge is 0.334 e. The summed E-state index contributed by atoms with van der Waals surface area (Å²) in [5, 5.41) is 39.8. The molecule has 13 rings (SSSR count). The molecule has 25 heteroatoms. The average Bonchev–Trinajstić information content (AvgIpc) is 1.81. The Morgan fingerprint density at radius 2 is 0.707 bits per heavy atom. The van der Waals surface area contributed by atoms with Crippen LogP contribution in [0, 0.1) is 18.6 Å². The van der Waals surface area contributed by atoms with Crippen LogP contribution < -0.4 is 0 Å². The van der Waals surface area contributed by atoms with Gasteiger partial charge in [0, 0.05) is 113 Å². The van der Waals surface area contributed by atoms with Crippen molar-refractivity contribution in [2.24, 2.45) is 7.05 Å². The highest BCUT2D eigenvalue weighted by molar-refractivity contribution is 7.71. The van der Waals surface area contributed by atoms with Gasteiger partial charge >= 0.3 is 0 Å². The second-order valence-electron chi connectivity index (χ2n) is 24.3. The number of nitrogens with one attached hydrogen (secondary N) is 4. The molecular formula is C74H99N21O3S. The summed E-state index contributed by atoms with van der Waals surface area (Å²) in [7, 11) is 1.92. The summed E-state index contributed by atoms with van der Waals surface area (Å²) in [5.74, 6) is 12.4. The summed E-state index contributed by atoms with van der Waals surface area (Å²) < 4.78 is 18.0. The molecule has 0 saturated heterocycles. The van der Waals surface area contributed by atoms with Crippen LogP contribution in [0.2, 0.25) is 0 Å². The van der Waals surface area contributed by atoms with Gasteiger partial charge in [-0.1, -0.05) is 213 Å². The maximum atomic E-state index is 5.15. The smallest absolute Gasteiger partial charge is 0.259 e. The zero-order valence-electron chi connectivity index (χ0n) is 57.7.